The van der Waals surface area contributed by atoms with Crippen molar-refractivity contribution >= 4 is 0 Å². The summed E-state index contributed by atoms with van der Waals surface area (Å²) in [5.74, 6) is 5.24. The van der Waals surface area contributed by atoms with Crippen molar-refractivity contribution in [3.63, 3.8) is 0 Å². The molecular formula is C8H15N5O3. The van der Waals surface area contributed by atoms with Crippen LogP contribution in [0.25, 0.3) is 0 Å². The van der Waals surface area contributed by atoms with Crippen molar-refractivity contribution in [1.82, 2.24) is 15.1 Å². The third-order valence-electron chi connectivity index (χ3n) is 2.03. The van der Waals surface area contributed by atoms with Crippen molar-refractivity contribution in [2.24, 2.45) is 11.1 Å². The molecule has 0 amide bonds. The van der Waals surface area contributed by atoms with Crippen molar-refractivity contribution in [2.45, 2.75) is 13.5 Å². The second kappa shape index (κ2) is 6.85. The van der Waals surface area contributed by atoms with E-state index in [4.69, 9.17) is 14.1 Å². The summed E-state index contributed by atoms with van der Waals surface area (Å²) >= 11 is 0. The SMILES string of the molecule is Cc1nnc(CN2CCOCC2)o1.NN=O. The third kappa shape index (κ3) is 4.32. The minimum atomic E-state index is 0.628. The van der Waals surface area contributed by atoms with Crippen LogP contribution in [0.5, 0.6) is 0 Å². The Morgan fingerprint density at radius 3 is 2.56 bits per heavy atom. The summed E-state index contributed by atoms with van der Waals surface area (Å²) in [6, 6.07) is 0. The molecule has 0 radical (unpaired) electrons. The normalized spacial score (nSPS) is 16.3. The van der Waals surface area contributed by atoms with E-state index < -0.39 is 0 Å². The highest BCUT2D eigenvalue weighted by atomic mass is 16.5. The number of morpholine rings is 1. The van der Waals surface area contributed by atoms with Crippen molar-refractivity contribution in [2.75, 3.05) is 26.3 Å². The van der Waals surface area contributed by atoms with E-state index in [1.807, 2.05) is 0 Å². The molecule has 0 saturated carbocycles. The maximum absolute atomic E-state index is 8.33. The minimum Gasteiger partial charge on any atom is -0.424 e. The van der Waals surface area contributed by atoms with Gasteiger partial charge in [-0.3, -0.25) is 10.7 Å². The summed E-state index contributed by atoms with van der Waals surface area (Å²) in [6.45, 7) is 6.03. The lowest BCUT2D eigenvalue weighted by Gasteiger charge is -2.24. The molecule has 8 nitrogen and oxygen atoms in total. The first-order valence-electron chi connectivity index (χ1n) is 4.88. The summed E-state index contributed by atoms with van der Waals surface area (Å²) in [5.41, 5.74) is 0. The third-order valence-corrected chi connectivity index (χ3v) is 2.03. The molecule has 8 heteroatoms. The Bertz CT molecular complexity index is 310. The summed E-state index contributed by atoms with van der Waals surface area (Å²) < 4.78 is 10.5. The lowest BCUT2D eigenvalue weighted by Crippen LogP contribution is -2.35. The molecule has 0 aliphatic carbocycles. The van der Waals surface area contributed by atoms with Crippen molar-refractivity contribution < 1.29 is 9.15 Å². The van der Waals surface area contributed by atoms with E-state index in [1.54, 1.807) is 12.2 Å². The first-order valence-corrected chi connectivity index (χ1v) is 4.88. The van der Waals surface area contributed by atoms with Crippen LogP contribution in [-0.2, 0) is 11.3 Å². The molecule has 2 N–H and O–H groups in total. The van der Waals surface area contributed by atoms with Gasteiger partial charge in [0.2, 0.25) is 11.8 Å². The van der Waals surface area contributed by atoms with Crippen LogP contribution in [0.15, 0.2) is 9.70 Å². The van der Waals surface area contributed by atoms with Crippen LogP contribution in [0.2, 0.25) is 0 Å². The van der Waals surface area contributed by atoms with Crippen LogP contribution in [-0.4, -0.2) is 41.4 Å². The quantitative estimate of drug-likeness (QED) is 0.426. The van der Waals surface area contributed by atoms with Gasteiger partial charge < -0.3 is 9.15 Å². The molecule has 0 unspecified atom stereocenters. The first-order chi connectivity index (χ1) is 7.76. The van der Waals surface area contributed by atoms with Crippen molar-refractivity contribution in [3.05, 3.63) is 16.7 Å². The van der Waals surface area contributed by atoms with Gasteiger partial charge in [-0.2, -0.15) is 0 Å². The van der Waals surface area contributed by atoms with Crippen molar-refractivity contribution in [1.29, 1.82) is 0 Å². The van der Waals surface area contributed by atoms with Gasteiger partial charge in [0.1, 0.15) is 0 Å². The van der Waals surface area contributed by atoms with Gasteiger partial charge in [0.05, 0.1) is 19.8 Å². The highest BCUT2D eigenvalue weighted by molar-refractivity contribution is 4.79. The standard InChI is InChI=1S/C8H13N3O2.H2N2O/c1-7-9-10-8(13-7)6-11-2-4-12-5-3-11;1-2-3/h2-6H2,1H3;(H2,1,3). The Morgan fingerprint density at radius 2 is 2.06 bits per heavy atom. The number of nitroso groups, excluding NO2 is 1. The molecule has 16 heavy (non-hydrogen) atoms. The molecular weight excluding hydrogens is 214 g/mol. The van der Waals surface area contributed by atoms with Crippen LogP contribution in [0, 0.1) is 11.8 Å². The minimum absolute atomic E-state index is 0.628. The van der Waals surface area contributed by atoms with Gasteiger partial charge in [0, 0.05) is 25.3 Å². The van der Waals surface area contributed by atoms with Gasteiger partial charge >= 0.3 is 0 Å². The van der Waals surface area contributed by atoms with Crippen molar-refractivity contribution in [3.8, 4) is 0 Å². The number of hydrogen-bond donors (Lipinski definition) is 1. The number of rotatable bonds is 2. The summed E-state index contributed by atoms with van der Waals surface area (Å²) in [4.78, 5) is 10.6. The highest BCUT2D eigenvalue weighted by Gasteiger charge is 2.13. The topological polar surface area (TPSA) is 107 Å². The van der Waals surface area contributed by atoms with Gasteiger partial charge in [-0.1, -0.05) is 0 Å². The number of nitrogens with zero attached hydrogens (tertiary/aromatic N) is 4. The fourth-order valence-corrected chi connectivity index (χ4v) is 1.35. The molecule has 2 heterocycles. The lowest BCUT2D eigenvalue weighted by atomic mass is 10.4. The van der Waals surface area contributed by atoms with E-state index in [2.05, 4.69) is 20.9 Å². The van der Waals surface area contributed by atoms with Gasteiger partial charge in [-0.25, -0.2) is 0 Å². The molecule has 90 valence electrons. The zero-order chi connectivity index (χ0) is 11.8. The van der Waals surface area contributed by atoms with Gasteiger partial charge in [0.25, 0.3) is 0 Å². The highest BCUT2D eigenvalue weighted by Crippen LogP contribution is 2.05. The Balaban J connectivity index is 0.000000386. The van der Waals surface area contributed by atoms with Crippen LogP contribution >= 0.6 is 0 Å². The number of hydrogen-bond acceptors (Lipinski definition) is 7. The molecule has 1 aromatic rings. The van der Waals surface area contributed by atoms with E-state index in [9.17, 15) is 0 Å². The van der Waals surface area contributed by atoms with Gasteiger partial charge in [0.15, 0.2) is 0 Å². The van der Waals surface area contributed by atoms with Crippen LogP contribution < -0.4 is 5.84 Å². The summed E-state index contributed by atoms with van der Waals surface area (Å²) in [7, 11) is 0. The van der Waals surface area contributed by atoms with E-state index in [0.717, 1.165) is 32.8 Å². The number of ether oxygens (including phenoxy) is 1. The van der Waals surface area contributed by atoms with E-state index in [-0.39, 0.29) is 0 Å². The van der Waals surface area contributed by atoms with E-state index in [0.29, 0.717) is 11.8 Å². The Hall–Kier alpha value is -1.54. The number of nitrogens with two attached hydrogens (primary N) is 1. The maximum atomic E-state index is 8.33. The zero-order valence-electron chi connectivity index (χ0n) is 9.13. The van der Waals surface area contributed by atoms with E-state index >= 15 is 0 Å². The molecule has 2 rings (SSSR count). The molecule has 1 aromatic heterocycles. The zero-order valence-corrected chi connectivity index (χ0v) is 9.13. The summed E-state index contributed by atoms with van der Waals surface area (Å²) in [6.07, 6.45) is 0. The van der Waals surface area contributed by atoms with E-state index in [1.165, 1.54) is 0 Å². The Kier molecular flexibility index (Phi) is 5.37. The number of aryl methyl sites for hydroxylation is 1. The smallest absolute Gasteiger partial charge is 0.230 e. The monoisotopic (exact) mass is 229 g/mol. The molecule has 0 aromatic carbocycles. The molecule has 1 saturated heterocycles. The Morgan fingerprint density at radius 1 is 1.44 bits per heavy atom. The largest absolute Gasteiger partial charge is 0.424 e. The molecule has 0 atom stereocenters. The number of aromatic nitrogens is 2. The van der Waals surface area contributed by atoms with Gasteiger partial charge in [-0.05, 0) is 0 Å². The predicted molar refractivity (Wildman–Crippen MR) is 55.1 cm³/mol. The van der Waals surface area contributed by atoms with Crippen LogP contribution in [0.1, 0.15) is 11.8 Å². The second-order valence-corrected chi connectivity index (χ2v) is 3.21. The fourth-order valence-electron chi connectivity index (χ4n) is 1.35. The van der Waals surface area contributed by atoms with Gasteiger partial charge in [-0.15, -0.1) is 15.1 Å². The lowest BCUT2D eigenvalue weighted by molar-refractivity contribution is 0.0304. The average molecular weight is 229 g/mol. The molecule has 1 fully saturated rings. The maximum Gasteiger partial charge on any atom is 0.230 e. The second-order valence-electron chi connectivity index (χ2n) is 3.21. The molecule has 1 aliphatic heterocycles. The average Bonchev–Trinajstić information content (AvgIpc) is 2.67. The first kappa shape index (κ1) is 12.5. The van der Waals surface area contributed by atoms with Crippen LogP contribution in [0.3, 0.4) is 0 Å². The Labute approximate surface area is 92.7 Å². The summed E-state index contributed by atoms with van der Waals surface area (Å²) in [5, 5.41) is 9.47. The predicted octanol–water partition coefficient (Wildman–Crippen LogP) is -0.163. The van der Waals surface area contributed by atoms with Crippen LogP contribution in [0.4, 0.5) is 0 Å². The molecule has 0 spiro atoms. The fraction of sp³-hybridized carbons (Fsp3) is 0.750. The molecule has 0 bridgehead atoms. The molecule has 1 aliphatic rings.